The molecular formula is C8H5LiN2O2. The summed E-state index contributed by atoms with van der Waals surface area (Å²) in [4.78, 5) is 10.6. The Morgan fingerprint density at radius 3 is 2.92 bits per heavy atom. The van der Waals surface area contributed by atoms with Crippen molar-refractivity contribution in [1.29, 1.82) is 0 Å². The fourth-order valence-corrected chi connectivity index (χ4v) is 1.14. The molecule has 0 aliphatic rings. The van der Waals surface area contributed by atoms with Crippen LogP contribution in [0.15, 0.2) is 24.4 Å². The molecule has 1 N–H and O–H groups in total. The number of carboxylic acid groups (broad SMARTS) is 1. The standard InChI is InChI=1S/C8H6N2O2.Li/c11-8(12)6-3-1-2-5-4-9-10-7(5)6;/h1-4H,(H,9,10)(H,11,12);/q;+1/p-1. The van der Waals surface area contributed by atoms with Gasteiger partial charge in [-0.1, -0.05) is 18.2 Å². The molecule has 0 saturated heterocycles. The van der Waals surface area contributed by atoms with Crippen LogP contribution >= 0.6 is 0 Å². The van der Waals surface area contributed by atoms with Gasteiger partial charge in [0, 0.05) is 10.9 Å². The molecule has 0 fully saturated rings. The van der Waals surface area contributed by atoms with Crippen LogP contribution in [0.1, 0.15) is 10.4 Å². The number of aromatic nitrogens is 2. The maximum atomic E-state index is 10.6. The normalized spacial score (nSPS) is 9.54. The molecule has 0 bridgehead atoms. The second-order valence-corrected chi connectivity index (χ2v) is 2.43. The van der Waals surface area contributed by atoms with E-state index in [-0.39, 0.29) is 24.4 Å². The maximum Gasteiger partial charge on any atom is 1.00 e. The van der Waals surface area contributed by atoms with Gasteiger partial charge in [-0.3, -0.25) is 5.10 Å². The van der Waals surface area contributed by atoms with Gasteiger partial charge in [0.15, 0.2) is 0 Å². The summed E-state index contributed by atoms with van der Waals surface area (Å²) in [5, 5.41) is 17.7. The van der Waals surface area contributed by atoms with Crippen LogP contribution in [0.3, 0.4) is 0 Å². The van der Waals surface area contributed by atoms with Crippen LogP contribution in [0.4, 0.5) is 0 Å². The topological polar surface area (TPSA) is 68.8 Å². The number of carbonyl (C=O) groups excluding carboxylic acids is 1. The quantitative estimate of drug-likeness (QED) is 0.459. The van der Waals surface area contributed by atoms with Gasteiger partial charge in [0.2, 0.25) is 0 Å². The van der Waals surface area contributed by atoms with Crippen LogP contribution < -0.4 is 24.0 Å². The Hall–Kier alpha value is -1.24. The average Bonchev–Trinajstić information content (AvgIpc) is 2.49. The molecule has 2 rings (SSSR count). The zero-order chi connectivity index (χ0) is 8.55. The number of carbonyl (C=O) groups is 1. The first kappa shape index (κ1) is 9.84. The van der Waals surface area contributed by atoms with Crippen LogP contribution in [-0.4, -0.2) is 16.2 Å². The predicted molar refractivity (Wildman–Crippen MR) is 40.4 cm³/mol. The molecule has 1 aromatic heterocycles. The molecule has 1 aromatic carbocycles. The second-order valence-electron chi connectivity index (χ2n) is 2.43. The summed E-state index contributed by atoms with van der Waals surface area (Å²) in [6.45, 7) is 0. The van der Waals surface area contributed by atoms with Crippen LogP contribution in [0.2, 0.25) is 0 Å². The van der Waals surface area contributed by atoms with Gasteiger partial charge in [0.05, 0.1) is 17.7 Å². The molecule has 4 nitrogen and oxygen atoms in total. The molecule has 2 aromatic rings. The van der Waals surface area contributed by atoms with Crippen molar-refractivity contribution in [2.24, 2.45) is 0 Å². The predicted octanol–water partition coefficient (Wildman–Crippen LogP) is -3.07. The van der Waals surface area contributed by atoms with E-state index in [2.05, 4.69) is 10.2 Å². The number of carboxylic acids is 1. The SMILES string of the molecule is O=C([O-])c1cccc2cn[nH]c12.[Li+]. The van der Waals surface area contributed by atoms with Gasteiger partial charge in [0.25, 0.3) is 0 Å². The Bertz CT molecular complexity index is 438. The number of nitrogens with one attached hydrogen (secondary N) is 1. The average molecular weight is 168 g/mol. The zero-order valence-electron chi connectivity index (χ0n) is 7.07. The van der Waals surface area contributed by atoms with E-state index in [0.717, 1.165) is 5.39 Å². The minimum Gasteiger partial charge on any atom is -0.545 e. The number of aromatic amines is 1. The summed E-state index contributed by atoms with van der Waals surface area (Å²) >= 11 is 0. The minimum absolute atomic E-state index is 0. The summed E-state index contributed by atoms with van der Waals surface area (Å²) in [7, 11) is 0. The van der Waals surface area contributed by atoms with Crippen molar-refractivity contribution in [2.75, 3.05) is 0 Å². The van der Waals surface area contributed by atoms with Crippen molar-refractivity contribution in [3.05, 3.63) is 30.0 Å². The van der Waals surface area contributed by atoms with E-state index in [1.165, 1.54) is 6.07 Å². The summed E-state index contributed by atoms with van der Waals surface area (Å²) in [5.41, 5.74) is 0.655. The molecule has 0 aliphatic carbocycles. The summed E-state index contributed by atoms with van der Waals surface area (Å²) in [6, 6.07) is 4.92. The van der Waals surface area contributed by atoms with Gasteiger partial charge in [-0.05, 0) is 0 Å². The number of H-pyrrole nitrogens is 1. The number of rotatable bonds is 1. The summed E-state index contributed by atoms with van der Waals surface area (Å²) in [6.07, 6.45) is 1.57. The van der Waals surface area contributed by atoms with Crippen LogP contribution in [0.25, 0.3) is 10.9 Å². The molecule has 0 radical (unpaired) electrons. The third-order valence-corrected chi connectivity index (χ3v) is 1.70. The Labute approximate surface area is 86.1 Å². The number of hydrogen-bond donors (Lipinski definition) is 1. The number of hydrogen-bond acceptors (Lipinski definition) is 3. The molecule has 1 heterocycles. The molecule has 0 saturated carbocycles. The molecule has 0 atom stereocenters. The van der Waals surface area contributed by atoms with Gasteiger partial charge in [-0.25, -0.2) is 0 Å². The number of nitrogens with zero attached hydrogens (tertiary/aromatic N) is 1. The van der Waals surface area contributed by atoms with Crippen molar-refractivity contribution in [1.82, 2.24) is 10.2 Å². The smallest absolute Gasteiger partial charge is 0.545 e. The van der Waals surface area contributed by atoms with Crippen molar-refractivity contribution in [2.45, 2.75) is 0 Å². The minimum atomic E-state index is -1.19. The number of benzene rings is 1. The monoisotopic (exact) mass is 168 g/mol. The Morgan fingerprint density at radius 2 is 2.23 bits per heavy atom. The molecule has 5 heteroatoms. The molecule has 0 spiro atoms. The summed E-state index contributed by atoms with van der Waals surface area (Å²) in [5.74, 6) is -1.19. The Balaban J connectivity index is 0.000000845. The molecule has 0 aliphatic heterocycles. The van der Waals surface area contributed by atoms with Crippen molar-refractivity contribution < 1.29 is 28.8 Å². The van der Waals surface area contributed by atoms with Gasteiger partial charge in [-0.2, -0.15) is 5.10 Å². The van der Waals surface area contributed by atoms with E-state index in [4.69, 9.17) is 0 Å². The fourth-order valence-electron chi connectivity index (χ4n) is 1.14. The number of fused-ring (bicyclic) bond motifs is 1. The van der Waals surface area contributed by atoms with Gasteiger partial charge in [0.1, 0.15) is 0 Å². The fraction of sp³-hybridized carbons (Fsp3) is 0. The Morgan fingerprint density at radius 1 is 1.46 bits per heavy atom. The van der Waals surface area contributed by atoms with Gasteiger partial charge >= 0.3 is 18.9 Å². The van der Waals surface area contributed by atoms with Crippen LogP contribution in [0.5, 0.6) is 0 Å². The van der Waals surface area contributed by atoms with Crippen LogP contribution in [-0.2, 0) is 0 Å². The van der Waals surface area contributed by atoms with E-state index in [0.29, 0.717) is 5.52 Å². The summed E-state index contributed by atoms with van der Waals surface area (Å²) < 4.78 is 0. The van der Waals surface area contributed by atoms with Crippen LogP contribution in [0, 0.1) is 0 Å². The first-order valence-corrected chi connectivity index (χ1v) is 3.42. The van der Waals surface area contributed by atoms with E-state index in [9.17, 15) is 9.90 Å². The molecule has 13 heavy (non-hydrogen) atoms. The van der Waals surface area contributed by atoms with E-state index < -0.39 is 5.97 Å². The van der Waals surface area contributed by atoms with Crippen molar-refractivity contribution in [3.8, 4) is 0 Å². The zero-order valence-corrected chi connectivity index (χ0v) is 7.07. The number of aromatic carboxylic acids is 1. The van der Waals surface area contributed by atoms with E-state index >= 15 is 0 Å². The first-order valence-electron chi connectivity index (χ1n) is 3.42. The molecular weight excluding hydrogens is 163 g/mol. The van der Waals surface area contributed by atoms with Gasteiger partial charge in [-0.15, -0.1) is 0 Å². The number of para-hydroxylation sites is 1. The van der Waals surface area contributed by atoms with E-state index in [1.54, 1.807) is 18.3 Å². The van der Waals surface area contributed by atoms with Gasteiger partial charge < -0.3 is 9.90 Å². The second kappa shape index (κ2) is 3.65. The molecule has 0 unspecified atom stereocenters. The van der Waals surface area contributed by atoms with E-state index in [1.807, 2.05) is 0 Å². The maximum absolute atomic E-state index is 10.6. The largest absolute Gasteiger partial charge is 1.00 e. The molecule has 0 amide bonds. The third-order valence-electron chi connectivity index (χ3n) is 1.70. The van der Waals surface area contributed by atoms with Crippen molar-refractivity contribution in [3.63, 3.8) is 0 Å². The Kier molecular flexibility index (Phi) is 2.76. The van der Waals surface area contributed by atoms with Crippen molar-refractivity contribution >= 4 is 16.9 Å². The first-order chi connectivity index (χ1) is 5.79. The molecule has 60 valence electrons. The third kappa shape index (κ3) is 1.59.